The predicted molar refractivity (Wildman–Crippen MR) is 44.1 cm³/mol. The zero-order valence-electron chi connectivity index (χ0n) is 5.63. The molecule has 0 bridgehead atoms. The molecule has 58 valence electrons. The number of phenolic OH excluding ortho intramolecular Hbond substituents is 1. The molecule has 0 heterocycles. The Balaban J connectivity index is 3.19. The summed E-state index contributed by atoms with van der Waals surface area (Å²) in [5, 5.41) is 16.4. The number of amidine groups is 1. The van der Waals surface area contributed by atoms with Gasteiger partial charge in [-0.2, -0.15) is 0 Å². The van der Waals surface area contributed by atoms with E-state index >= 15 is 0 Å². The van der Waals surface area contributed by atoms with Crippen LogP contribution in [0.15, 0.2) is 18.2 Å². The second-order valence-electron chi connectivity index (χ2n) is 2.11. The molecule has 11 heavy (non-hydrogen) atoms. The van der Waals surface area contributed by atoms with Crippen molar-refractivity contribution < 1.29 is 5.11 Å². The lowest BCUT2D eigenvalue weighted by atomic mass is 10.2. The summed E-state index contributed by atoms with van der Waals surface area (Å²) in [6.45, 7) is 0. The second-order valence-corrected chi connectivity index (χ2v) is 2.55. The Bertz CT molecular complexity index is 278. The number of nitrogens with two attached hydrogens (primary N) is 1. The van der Waals surface area contributed by atoms with Gasteiger partial charge in [-0.15, -0.1) is 0 Å². The molecule has 0 atom stereocenters. The van der Waals surface area contributed by atoms with Gasteiger partial charge in [0, 0.05) is 10.6 Å². The summed E-state index contributed by atoms with van der Waals surface area (Å²) < 4.78 is 0. The smallest absolute Gasteiger partial charge is 0.122 e. The van der Waals surface area contributed by atoms with E-state index in [-0.39, 0.29) is 11.6 Å². The second kappa shape index (κ2) is 2.80. The highest BCUT2D eigenvalue weighted by atomic mass is 35.5. The zero-order valence-corrected chi connectivity index (χ0v) is 6.39. The lowest BCUT2D eigenvalue weighted by molar-refractivity contribution is 0.475. The van der Waals surface area contributed by atoms with E-state index in [1.165, 1.54) is 18.2 Å². The summed E-state index contributed by atoms with van der Waals surface area (Å²) in [5.74, 6) is -0.0921. The Morgan fingerprint density at radius 1 is 1.45 bits per heavy atom. The van der Waals surface area contributed by atoms with Crippen LogP contribution in [-0.2, 0) is 0 Å². The van der Waals surface area contributed by atoms with Crippen molar-refractivity contribution >= 4 is 17.4 Å². The number of phenols is 1. The summed E-state index contributed by atoms with van der Waals surface area (Å²) in [7, 11) is 0. The normalized spacial score (nSPS) is 9.55. The summed E-state index contributed by atoms with van der Waals surface area (Å²) in [4.78, 5) is 0. The van der Waals surface area contributed by atoms with E-state index in [4.69, 9.17) is 27.9 Å². The average Bonchev–Trinajstić information content (AvgIpc) is 1.85. The van der Waals surface area contributed by atoms with E-state index in [2.05, 4.69) is 0 Å². The third-order valence-electron chi connectivity index (χ3n) is 1.19. The third kappa shape index (κ3) is 1.85. The minimum atomic E-state index is -0.109. The largest absolute Gasteiger partial charge is 0.508 e. The summed E-state index contributed by atoms with van der Waals surface area (Å²) >= 11 is 5.58. The topological polar surface area (TPSA) is 70.1 Å². The Morgan fingerprint density at radius 3 is 2.55 bits per heavy atom. The minimum Gasteiger partial charge on any atom is -0.508 e. The Labute approximate surface area is 68.9 Å². The van der Waals surface area contributed by atoms with Crippen molar-refractivity contribution in [2.75, 3.05) is 0 Å². The monoisotopic (exact) mass is 170 g/mol. The number of nitrogen functional groups attached to an aromatic ring is 1. The first-order valence-corrected chi connectivity index (χ1v) is 3.31. The fourth-order valence-corrected chi connectivity index (χ4v) is 0.959. The highest BCUT2D eigenvalue weighted by molar-refractivity contribution is 6.31. The lowest BCUT2D eigenvalue weighted by Gasteiger charge is -1.99. The predicted octanol–water partition coefficient (Wildman–Crippen LogP) is 1.33. The first-order chi connectivity index (χ1) is 5.09. The minimum absolute atomic E-state index is 0.0164. The molecule has 0 unspecified atom stereocenters. The van der Waals surface area contributed by atoms with Crippen molar-refractivity contribution in [3.05, 3.63) is 28.8 Å². The quantitative estimate of drug-likeness (QED) is 0.440. The van der Waals surface area contributed by atoms with Gasteiger partial charge in [-0.25, -0.2) is 0 Å². The molecular weight excluding hydrogens is 164 g/mol. The molecule has 3 nitrogen and oxygen atoms in total. The molecule has 1 aromatic rings. The summed E-state index contributed by atoms with van der Waals surface area (Å²) in [6.07, 6.45) is 0. The van der Waals surface area contributed by atoms with Crippen LogP contribution in [0.3, 0.4) is 0 Å². The molecule has 0 spiro atoms. The third-order valence-corrected chi connectivity index (χ3v) is 1.41. The van der Waals surface area contributed by atoms with Gasteiger partial charge in [-0.3, -0.25) is 5.41 Å². The van der Waals surface area contributed by atoms with Gasteiger partial charge >= 0.3 is 0 Å². The molecule has 0 fully saturated rings. The average molecular weight is 171 g/mol. The maximum Gasteiger partial charge on any atom is 0.122 e. The molecular formula is C7H7ClN2O. The number of rotatable bonds is 1. The Morgan fingerprint density at radius 2 is 2.09 bits per heavy atom. The van der Waals surface area contributed by atoms with E-state index in [1.807, 2.05) is 0 Å². The summed E-state index contributed by atoms with van der Waals surface area (Å²) in [6, 6.07) is 4.28. The van der Waals surface area contributed by atoms with Gasteiger partial charge in [0.05, 0.1) is 0 Å². The van der Waals surface area contributed by atoms with E-state index < -0.39 is 0 Å². The molecule has 0 aliphatic rings. The molecule has 0 amide bonds. The molecule has 0 saturated heterocycles. The fourth-order valence-electron chi connectivity index (χ4n) is 0.730. The van der Waals surface area contributed by atoms with Crippen LogP contribution in [0.1, 0.15) is 5.56 Å². The Hall–Kier alpha value is -1.22. The molecule has 4 N–H and O–H groups in total. The van der Waals surface area contributed by atoms with Crippen LogP contribution in [0.25, 0.3) is 0 Å². The Kier molecular flexibility index (Phi) is 2.01. The molecule has 0 aliphatic heterocycles. The van der Waals surface area contributed by atoms with Gasteiger partial charge in [0.25, 0.3) is 0 Å². The van der Waals surface area contributed by atoms with Gasteiger partial charge in [0.15, 0.2) is 0 Å². The van der Waals surface area contributed by atoms with Gasteiger partial charge in [0.2, 0.25) is 0 Å². The van der Waals surface area contributed by atoms with Crippen LogP contribution in [0.5, 0.6) is 5.75 Å². The van der Waals surface area contributed by atoms with Crippen LogP contribution in [0.4, 0.5) is 0 Å². The first-order valence-electron chi connectivity index (χ1n) is 2.93. The SMILES string of the molecule is N=C(N)c1cc(O)cc(Cl)c1. The van der Waals surface area contributed by atoms with E-state index in [9.17, 15) is 0 Å². The number of aromatic hydroxyl groups is 1. The molecule has 0 saturated carbocycles. The number of nitrogens with one attached hydrogen (secondary N) is 1. The van der Waals surface area contributed by atoms with Crippen LogP contribution in [-0.4, -0.2) is 10.9 Å². The van der Waals surface area contributed by atoms with Gasteiger partial charge < -0.3 is 10.8 Å². The molecule has 4 heteroatoms. The molecule has 0 radical (unpaired) electrons. The highest BCUT2D eigenvalue weighted by Gasteiger charge is 1.99. The maximum atomic E-state index is 9.01. The van der Waals surface area contributed by atoms with E-state index in [0.29, 0.717) is 10.6 Å². The molecule has 0 aromatic heterocycles. The van der Waals surface area contributed by atoms with E-state index in [1.54, 1.807) is 0 Å². The molecule has 1 aromatic carbocycles. The van der Waals surface area contributed by atoms with Gasteiger partial charge in [-0.05, 0) is 18.2 Å². The maximum absolute atomic E-state index is 9.01. The van der Waals surface area contributed by atoms with Gasteiger partial charge in [-0.1, -0.05) is 11.6 Å². The highest BCUT2D eigenvalue weighted by Crippen LogP contribution is 2.18. The van der Waals surface area contributed by atoms with Crippen LogP contribution in [0, 0.1) is 5.41 Å². The van der Waals surface area contributed by atoms with E-state index in [0.717, 1.165) is 0 Å². The van der Waals surface area contributed by atoms with Crippen LogP contribution >= 0.6 is 11.6 Å². The number of hydrogen-bond donors (Lipinski definition) is 3. The van der Waals surface area contributed by atoms with Crippen molar-refractivity contribution in [1.82, 2.24) is 0 Å². The number of halogens is 1. The molecule has 0 aliphatic carbocycles. The van der Waals surface area contributed by atoms with Gasteiger partial charge in [0.1, 0.15) is 11.6 Å². The number of benzene rings is 1. The van der Waals surface area contributed by atoms with Crippen LogP contribution < -0.4 is 5.73 Å². The summed E-state index contributed by atoms with van der Waals surface area (Å²) in [5.41, 5.74) is 5.59. The van der Waals surface area contributed by atoms with Crippen LogP contribution in [0.2, 0.25) is 5.02 Å². The zero-order chi connectivity index (χ0) is 8.43. The van der Waals surface area contributed by atoms with Crippen molar-refractivity contribution in [2.24, 2.45) is 5.73 Å². The van der Waals surface area contributed by atoms with Crippen molar-refractivity contribution in [2.45, 2.75) is 0 Å². The number of hydrogen-bond acceptors (Lipinski definition) is 2. The van der Waals surface area contributed by atoms with Crippen molar-refractivity contribution in [3.8, 4) is 5.75 Å². The van der Waals surface area contributed by atoms with Crippen molar-refractivity contribution in [1.29, 1.82) is 5.41 Å². The molecule has 1 rings (SSSR count). The standard InChI is InChI=1S/C7H7ClN2O/c8-5-1-4(7(9)10)2-6(11)3-5/h1-3,11H,(H3,9,10). The lowest BCUT2D eigenvalue weighted by Crippen LogP contribution is -2.10. The van der Waals surface area contributed by atoms with Crippen molar-refractivity contribution in [3.63, 3.8) is 0 Å². The fraction of sp³-hybridized carbons (Fsp3) is 0. The first kappa shape index (κ1) is 7.88.